The Morgan fingerprint density at radius 1 is 0.925 bits per heavy atom. The summed E-state index contributed by atoms with van der Waals surface area (Å²) >= 11 is 3.61. The van der Waals surface area contributed by atoms with Crippen molar-refractivity contribution in [2.45, 2.75) is 26.9 Å². The number of allylic oxidation sites excluding steroid dienone is 1. The molecule has 0 bridgehead atoms. The van der Waals surface area contributed by atoms with Gasteiger partial charge in [-0.3, -0.25) is 14.9 Å². The molecule has 1 aliphatic rings. The van der Waals surface area contributed by atoms with Gasteiger partial charge in [0.25, 0.3) is 11.8 Å². The molecule has 6 nitrogen and oxygen atoms in total. The monoisotopic (exact) mass is 594 g/mol. The standard InChI is InChI=1S/C33H27BrN2O4/c1-4-7-26-16-23(18-29(34)30(26)40-19-22-10-11-24-8-5-6-9-25(24)15-22)17-28-31(37)35-33(39)36(32(28)38)27-13-20(2)12-21(3)14-27/h4-6,8-18H,1,7,19H2,2-3H3,(H,35,37,39)/b28-17+. The molecule has 1 fully saturated rings. The van der Waals surface area contributed by atoms with Crippen molar-refractivity contribution in [1.29, 1.82) is 0 Å². The average molecular weight is 595 g/mol. The number of carbonyl (C=O) groups excluding carboxylic acids is 3. The third-order valence-electron chi connectivity index (χ3n) is 6.58. The molecule has 1 aliphatic heterocycles. The second kappa shape index (κ2) is 11.3. The number of aryl methyl sites for hydroxylation is 2. The molecule has 0 spiro atoms. The van der Waals surface area contributed by atoms with Crippen molar-refractivity contribution in [1.82, 2.24) is 5.32 Å². The van der Waals surface area contributed by atoms with Gasteiger partial charge in [0.1, 0.15) is 17.9 Å². The van der Waals surface area contributed by atoms with Gasteiger partial charge >= 0.3 is 6.03 Å². The van der Waals surface area contributed by atoms with E-state index >= 15 is 0 Å². The minimum absolute atomic E-state index is 0.139. The summed E-state index contributed by atoms with van der Waals surface area (Å²) < 4.78 is 6.91. The van der Waals surface area contributed by atoms with Crippen molar-refractivity contribution in [2.75, 3.05) is 4.90 Å². The number of amides is 4. The molecule has 40 heavy (non-hydrogen) atoms. The zero-order chi connectivity index (χ0) is 28.4. The van der Waals surface area contributed by atoms with Gasteiger partial charge in [-0.1, -0.05) is 48.5 Å². The van der Waals surface area contributed by atoms with E-state index in [4.69, 9.17) is 4.74 Å². The fourth-order valence-electron chi connectivity index (χ4n) is 4.85. The van der Waals surface area contributed by atoms with Crippen LogP contribution in [0.1, 0.15) is 27.8 Å². The lowest BCUT2D eigenvalue weighted by Crippen LogP contribution is -2.54. The predicted molar refractivity (Wildman–Crippen MR) is 161 cm³/mol. The Balaban J connectivity index is 1.45. The lowest BCUT2D eigenvalue weighted by molar-refractivity contribution is -0.122. The van der Waals surface area contributed by atoms with Gasteiger partial charge in [-0.2, -0.15) is 0 Å². The number of ether oxygens (including phenoxy) is 1. The van der Waals surface area contributed by atoms with Crippen LogP contribution in [0.25, 0.3) is 16.8 Å². The summed E-state index contributed by atoms with van der Waals surface area (Å²) in [5.41, 5.74) is 4.54. The molecular formula is C33H27BrN2O4. The summed E-state index contributed by atoms with van der Waals surface area (Å²) in [7, 11) is 0. The Hall–Kier alpha value is -4.49. The Labute approximate surface area is 241 Å². The number of anilines is 1. The second-order valence-electron chi connectivity index (χ2n) is 9.76. The van der Waals surface area contributed by atoms with Crippen LogP contribution in [0.5, 0.6) is 5.75 Å². The van der Waals surface area contributed by atoms with Crippen LogP contribution in [-0.4, -0.2) is 17.8 Å². The van der Waals surface area contributed by atoms with Crippen LogP contribution in [0, 0.1) is 13.8 Å². The van der Waals surface area contributed by atoms with Crippen molar-refractivity contribution in [2.24, 2.45) is 0 Å². The molecule has 4 aromatic carbocycles. The molecule has 4 amide bonds. The SMILES string of the molecule is C=CCc1cc(/C=C2\C(=O)NC(=O)N(c3cc(C)cc(C)c3)C2=O)cc(Br)c1OCc1ccc2ccccc2c1. The van der Waals surface area contributed by atoms with Crippen LogP contribution in [0.15, 0.2) is 95.5 Å². The Morgan fingerprint density at radius 2 is 1.65 bits per heavy atom. The molecule has 7 heteroatoms. The summed E-state index contributed by atoms with van der Waals surface area (Å²) in [5.74, 6) is -0.771. The molecule has 200 valence electrons. The average Bonchev–Trinajstić information content (AvgIpc) is 2.90. The van der Waals surface area contributed by atoms with E-state index in [9.17, 15) is 14.4 Å². The van der Waals surface area contributed by atoms with Crippen molar-refractivity contribution in [3.8, 4) is 5.75 Å². The van der Waals surface area contributed by atoms with Gasteiger partial charge in [0.05, 0.1) is 10.2 Å². The number of nitrogens with zero attached hydrogens (tertiary/aromatic N) is 1. The zero-order valence-corrected chi connectivity index (χ0v) is 23.7. The number of imide groups is 2. The maximum absolute atomic E-state index is 13.4. The molecule has 0 unspecified atom stereocenters. The first-order chi connectivity index (χ1) is 19.2. The summed E-state index contributed by atoms with van der Waals surface area (Å²) in [4.78, 5) is 39.8. The van der Waals surface area contributed by atoms with Crippen molar-refractivity contribution >= 4 is 56.3 Å². The van der Waals surface area contributed by atoms with E-state index in [2.05, 4.69) is 52.1 Å². The first-order valence-electron chi connectivity index (χ1n) is 12.8. The molecule has 0 saturated carbocycles. The molecule has 1 saturated heterocycles. The molecule has 0 atom stereocenters. The first kappa shape index (κ1) is 27.1. The number of barbiturate groups is 1. The quantitative estimate of drug-likeness (QED) is 0.139. The first-order valence-corrected chi connectivity index (χ1v) is 13.6. The summed E-state index contributed by atoms with van der Waals surface area (Å²) in [5, 5.41) is 4.59. The van der Waals surface area contributed by atoms with Gasteiger partial charge in [0.2, 0.25) is 0 Å². The van der Waals surface area contributed by atoms with E-state index in [1.165, 1.54) is 6.08 Å². The molecule has 5 rings (SSSR count). The largest absolute Gasteiger partial charge is 0.487 e. The van der Waals surface area contributed by atoms with E-state index in [0.29, 0.717) is 34.5 Å². The predicted octanol–water partition coefficient (Wildman–Crippen LogP) is 7.19. The molecular weight excluding hydrogens is 568 g/mol. The van der Waals surface area contributed by atoms with E-state index < -0.39 is 17.8 Å². The second-order valence-corrected chi connectivity index (χ2v) is 10.6. The van der Waals surface area contributed by atoms with Gasteiger partial charge in [-0.05, 0) is 111 Å². The maximum Gasteiger partial charge on any atom is 0.335 e. The third-order valence-corrected chi connectivity index (χ3v) is 7.17. The van der Waals surface area contributed by atoms with Crippen molar-refractivity contribution < 1.29 is 19.1 Å². The third kappa shape index (κ3) is 5.60. The van der Waals surface area contributed by atoms with Crippen LogP contribution in [-0.2, 0) is 22.6 Å². The normalized spacial score (nSPS) is 14.5. The van der Waals surface area contributed by atoms with Crippen LogP contribution >= 0.6 is 15.9 Å². The number of hydrogen-bond donors (Lipinski definition) is 1. The lowest BCUT2D eigenvalue weighted by atomic mass is 10.0. The number of urea groups is 1. The number of hydrogen-bond acceptors (Lipinski definition) is 4. The molecule has 0 radical (unpaired) electrons. The summed E-state index contributed by atoms with van der Waals surface area (Å²) in [6.07, 6.45) is 3.76. The Morgan fingerprint density at radius 3 is 2.38 bits per heavy atom. The Kier molecular flexibility index (Phi) is 7.67. The van der Waals surface area contributed by atoms with Gasteiger partial charge in [0, 0.05) is 0 Å². The molecule has 1 heterocycles. The number of carbonyl (C=O) groups is 3. The summed E-state index contributed by atoms with van der Waals surface area (Å²) in [6, 6.07) is 22.6. The van der Waals surface area contributed by atoms with Crippen LogP contribution in [0.2, 0.25) is 0 Å². The number of fused-ring (bicyclic) bond motifs is 1. The van der Waals surface area contributed by atoms with Gasteiger partial charge in [0.15, 0.2) is 0 Å². The minimum Gasteiger partial charge on any atom is -0.487 e. The molecule has 4 aromatic rings. The van der Waals surface area contributed by atoms with Crippen LogP contribution in [0.4, 0.5) is 10.5 Å². The van der Waals surface area contributed by atoms with E-state index in [-0.39, 0.29) is 5.57 Å². The number of nitrogens with one attached hydrogen (secondary N) is 1. The van der Waals surface area contributed by atoms with E-state index in [1.807, 2.05) is 44.2 Å². The van der Waals surface area contributed by atoms with Crippen molar-refractivity contribution in [3.05, 3.63) is 123 Å². The van der Waals surface area contributed by atoms with Gasteiger partial charge < -0.3 is 4.74 Å². The highest BCUT2D eigenvalue weighted by Crippen LogP contribution is 2.34. The maximum atomic E-state index is 13.4. The van der Waals surface area contributed by atoms with E-state index in [0.717, 1.165) is 37.9 Å². The lowest BCUT2D eigenvalue weighted by Gasteiger charge is -2.27. The molecule has 0 aromatic heterocycles. The highest BCUT2D eigenvalue weighted by Gasteiger charge is 2.37. The molecule has 0 aliphatic carbocycles. The van der Waals surface area contributed by atoms with Gasteiger partial charge in [-0.25, -0.2) is 9.69 Å². The fourth-order valence-corrected chi connectivity index (χ4v) is 5.48. The zero-order valence-electron chi connectivity index (χ0n) is 22.2. The fraction of sp³-hybridized carbons (Fsp3) is 0.121. The van der Waals surface area contributed by atoms with Crippen LogP contribution < -0.4 is 15.0 Å². The highest BCUT2D eigenvalue weighted by molar-refractivity contribution is 9.10. The van der Waals surface area contributed by atoms with Crippen molar-refractivity contribution in [3.63, 3.8) is 0 Å². The van der Waals surface area contributed by atoms with Crippen LogP contribution in [0.3, 0.4) is 0 Å². The van der Waals surface area contributed by atoms with E-state index in [1.54, 1.807) is 24.3 Å². The number of rotatable bonds is 7. The van der Waals surface area contributed by atoms with Gasteiger partial charge in [-0.15, -0.1) is 6.58 Å². The number of benzene rings is 4. The topological polar surface area (TPSA) is 75.7 Å². The molecule has 1 N–H and O–H groups in total. The number of halogens is 1. The smallest absolute Gasteiger partial charge is 0.335 e. The highest BCUT2D eigenvalue weighted by atomic mass is 79.9. The summed E-state index contributed by atoms with van der Waals surface area (Å²) in [6.45, 7) is 7.99. The Bertz CT molecular complexity index is 1700. The minimum atomic E-state index is -0.775.